The maximum atomic E-state index is 15.0. The summed E-state index contributed by atoms with van der Waals surface area (Å²) in [6.45, 7) is 5.56. The Bertz CT molecular complexity index is 1430. The molecule has 202 valence electrons. The molecule has 38 heavy (non-hydrogen) atoms. The molecule has 2 heterocycles. The Morgan fingerprint density at radius 2 is 1.79 bits per heavy atom. The van der Waals surface area contributed by atoms with Crippen molar-refractivity contribution in [3.05, 3.63) is 59.0 Å². The minimum absolute atomic E-state index is 0.190. The predicted octanol–water partition coefficient (Wildman–Crippen LogP) is 4.97. The molecule has 1 aromatic heterocycles. The fraction of sp³-hybridized carbons (Fsp3) is 0.385. The Morgan fingerprint density at radius 1 is 1.05 bits per heavy atom. The Balaban J connectivity index is 1.30. The molecule has 0 atom stereocenters. The topological polar surface area (TPSA) is 102 Å². The Hall–Kier alpha value is -3.15. The number of aromatic nitrogens is 2. The SMILES string of the molecule is CCc1cc(NS(=O)(=O)C2CC2)ccc1Nc1nc(Nc2ccc(N3CCN(C)CC3)cc2F)ncc1Cl. The fourth-order valence-corrected chi connectivity index (χ4v) is 5.84. The van der Waals surface area contributed by atoms with Crippen LogP contribution in [0, 0.1) is 5.82 Å². The van der Waals surface area contributed by atoms with Crippen molar-refractivity contribution < 1.29 is 12.8 Å². The van der Waals surface area contributed by atoms with E-state index < -0.39 is 15.8 Å². The molecule has 1 aliphatic carbocycles. The first-order chi connectivity index (χ1) is 18.2. The zero-order valence-electron chi connectivity index (χ0n) is 21.3. The number of hydrogen-bond acceptors (Lipinski definition) is 8. The molecule has 2 aromatic carbocycles. The molecule has 3 N–H and O–H groups in total. The van der Waals surface area contributed by atoms with Gasteiger partial charge in [0.25, 0.3) is 0 Å². The standard InChI is InChI=1S/C26H31ClFN7O2S/c1-3-17-14-18(33-38(36,37)20-6-7-20)4-8-23(17)30-25-21(27)16-29-26(32-25)31-24-9-5-19(15-22(24)28)35-12-10-34(2)11-13-35/h4-5,8-9,14-16,20,33H,3,6-7,10-13H2,1-2H3,(H2,29,30,31,32). The number of sulfonamides is 1. The summed E-state index contributed by atoms with van der Waals surface area (Å²) in [4.78, 5) is 13.1. The van der Waals surface area contributed by atoms with E-state index in [1.165, 1.54) is 12.3 Å². The first kappa shape index (κ1) is 26.5. The number of piperazine rings is 1. The number of nitrogens with zero attached hydrogens (tertiary/aromatic N) is 4. The lowest BCUT2D eigenvalue weighted by atomic mass is 10.1. The van der Waals surface area contributed by atoms with E-state index in [4.69, 9.17) is 11.6 Å². The minimum Gasteiger partial charge on any atom is -0.369 e. The van der Waals surface area contributed by atoms with Crippen molar-refractivity contribution in [3.63, 3.8) is 0 Å². The van der Waals surface area contributed by atoms with Gasteiger partial charge in [-0.05, 0) is 68.3 Å². The van der Waals surface area contributed by atoms with Crippen molar-refractivity contribution in [2.24, 2.45) is 0 Å². The highest BCUT2D eigenvalue weighted by Crippen LogP contribution is 2.32. The number of hydrogen-bond donors (Lipinski definition) is 3. The molecule has 1 saturated heterocycles. The van der Waals surface area contributed by atoms with E-state index in [0.717, 1.165) is 43.1 Å². The van der Waals surface area contributed by atoms with Crippen LogP contribution in [-0.4, -0.2) is 61.8 Å². The van der Waals surface area contributed by atoms with Gasteiger partial charge in [0.15, 0.2) is 5.82 Å². The van der Waals surface area contributed by atoms with Gasteiger partial charge in [0.05, 0.1) is 17.1 Å². The molecule has 0 unspecified atom stereocenters. The van der Waals surface area contributed by atoms with Gasteiger partial charge in [0, 0.05) is 43.2 Å². The molecule has 2 aliphatic rings. The summed E-state index contributed by atoms with van der Waals surface area (Å²) < 4.78 is 42.2. The van der Waals surface area contributed by atoms with E-state index in [9.17, 15) is 12.8 Å². The van der Waals surface area contributed by atoms with Crippen molar-refractivity contribution in [2.75, 3.05) is 53.5 Å². The van der Waals surface area contributed by atoms with Crippen molar-refractivity contribution in [1.29, 1.82) is 0 Å². The van der Waals surface area contributed by atoms with Gasteiger partial charge in [-0.25, -0.2) is 17.8 Å². The summed E-state index contributed by atoms with van der Waals surface area (Å²) in [6.07, 6.45) is 3.49. The molecule has 12 heteroatoms. The molecule has 0 radical (unpaired) electrons. The van der Waals surface area contributed by atoms with Gasteiger partial charge in [0.2, 0.25) is 16.0 Å². The average molecular weight is 560 g/mol. The largest absolute Gasteiger partial charge is 0.369 e. The van der Waals surface area contributed by atoms with E-state index in [-0.39, 0.29) is 16.9 Å². The van der Waals surface area contributed by atoms with Crippen molar-refractivity contribution in [2.45, 2.75) is 31.4 Å². The second kappa shape index (κ2) is 10.9. The number of nitrogens with one attached hydrogen (secondary N) is 3. The summed E-state index contributed by atoms with van der Waals surface area (Å²) in [5.74, 6) is 0.140. The summed E-state index contributed by atoms with van der Waals surface area (Å²) in [6, 6.07) is 10.4. The van der Waals surface area contributed by atoms with Crippen LogP contribution in [0.15, 0.2) is 42.6 Å². The van der Waals surface area contributed by atoms with Crippen LogP contribution in [0.3, 0.4) is 0 Å². The van der Waals surface area contributed by atoms with Crippen LogP contribution in [0.4, 0.5) is 38.9 Å². The summed E-state index contributed by atoms with van der Waals surface area (Å²) in [5, 5.41) is 6.14. The zero-order valence-corrected chi connectivity index (χ0v) is 22.9. The molecule has 1 saturated carbocycles. The zero-order chi connectivity index (χ0) is 26.9. The van der Waals surface area contributed by atoms with Crippen LogP contribution in [0.2, 0.25) is 5.02 Å². The Labute approximate surface area is 227 Å². The maximum Gasteiger partial charge on any atom is 0.235 e. The maximum absolute atomic E-state index is 15.0. The summed E-state index contributed by atoms with van der Waals surface area (Å²) >= 11 is 6.36. The number of halogens is 2. The first-order valence-corrected chi connectivity index (χ1v) is 14.6. The molecule has 2 fully saturated rings. The quantitative estimate of drug-likeness (QED) is 0.337. The van der Waals surface area contributed by atoms with Crippen LogP contribution >= 0.6 is 11.6 Å². The lowest BCUT2D eigenvalue weighted by molar-refractivity contribution is 0.313. The first-order valence-electron chi connectivity index (χ1n) is 12.7. The normalized spacial score (nSPS) is 16.4. The molecule has 9 nitrogen and oxygen atoms in total. The molecule has 0 spiro atoms. The lowest BCUT2D eigenvalue weighted by Crippen LogP contribution is -2.44. The van der Waals surface area contributed by atoms with E-state index >= 15 is 0 Å². The second-order valence-electron chi connectivity index (χ2n) is 9.67. The van der Waals surface area contributed by atoms with E-state index in [1.807, 2.05) is 13.0 Å². The second-order valence-corrected chi connectivity index (χ2v) is 12.0. The third-order valence-electron chi connectivity index (χ3n) is 6.77. The molecule has 1 aliphatic heterocycles. The van der Waals surface area contributed by atoms with Gasteiger partial charge in [-0.2, -0.15) is 4.98 Å². The van der Waals surface area contributed by atoms with Gasteiger partial charge in [-0.15, -0.1) is 0 Å². The van der Waals surface area contributed by atoms with Gasteiger partial charge < -0.3 is 20.4 Å². The highest BCUT2D eigenvalue weighted by atomic mass is 35.5. The van der Waals surface area contributed by atoms with E-state index in [1.54, 1.807) is 24.3 Å². The Morgan fingerprint density at radius 3 is 2.47 bits per heavy atom. The van der Waals surface area contributed by atoms with Crippen molar-refractivity contribution in [3.8, 4) is 0 Å². The molecular weight excluding hydrogens is 529 g/mol. The monoisotopic (exact) mass is 559 g/mol. The molecule has 0 amide bonds. The number of benzene rings is 2. The van der Waals surface area contributed by atoms with Crippen LogP contribution in [0.25, 0.3) is 0 Å². The van der Waals surface area contributed by atoms with Crippen molar-refractivity contribution in [1.82, 2.24) is 14.9 Å². The van der Waals surface area contributed by atoms with Crippen LogP contribution < -0.4 is 20.3 Å². The van der Waals surface area contributed by atoms with Crippen LogP contribution in [0.5, 0.6) is 0 Å². The van der Waals surface area contributed by atoms with Gasteiger partial charge in [-0.3, -0.25) is 4.72 Å². The smallest absolute Gasteiger partial charge is 0.235 e. The molecule has 5 rings (SSSR count). The van der Waals surface area contributed by atoms with Crippen LogP contribution in [-0.2, 0) is 16.4 Å². The summed E-state index contributed by atoms with van der Waals surface area (Å²) in [7, 11) is -1.27. The van der Waals surface area contributed by atoms with E-state index in [2.05, 4.69) is 42.2 Å². The lowest BCUT2D eigenvalue weighted by Gasteiger charge is -2.34. The third-order valence-corrected chi connectivity index (χ3v) is 8.92. The molecule has 0 bridgehead atoms. The van der Waals surface area contributed by atoms with E-state index in [0.29, 0.717) is 35.8 Å². The Kier molecular flexibility index (Phi) is 7.60. The number of aryl methyl sites for hydroxylation is 1. The van der Waals surface area contributed by atoms with Crippen LogP contribution in [0.1, 0.15) is 25.3 Å². The minimum atomic E-state index is -3.35. The number of likely N-dealkylation sites (N-methyl/N-ethyl adjacent to an activating group) is 1. The highest BCUT2D eigenvalue weighted by Gasteiger charge is 2.35. The highest BCUT2D eigenvalue weighted by molar-refractivity contribution is 7.93. The van der Waals surface area contributed by atoms with Gasteiger partial charge in [0.1, 0.15) is 10.8 Å². The summed E-state index contributed by atoms with van der Waals surface area (Å²) in [5.41, 5.74) is 3.24. The predicted molar refractivity (Wildman–Crippen MR) is 151 cm³/mol. The molecular formula is C26H31ClFN7O2S. The fourth-order valence-electron chi connectivity index (χ4n) is 4.33. The number of anilines is 6. The molecule has 3 aromatic rings. The average Bonchev–Trinajstić information content (AvgIpc) is 3.75. The number of rotatable bonds is 9. The third kappa shape index (κ3) is 6.11. The van der Waals surface area contributed by atoms with Gasteiger partial charge in [-0.1, -0.05) is 18.5 Å². The van der Waals surface area contributed by atoms with Gasteiger partial charge >= 0.3 is 0 Å². The van der Waals surface area contributed by atoms with Crippen molar-refractivity contribution >= 4 is 56.1 Å².